The molecule has 0 fully saturated rings. The molecule has 2 heterocycles. The molecule has 1 aromatic carbocycles. The molecular weight excluding hydrogens is 250 g/mol. The molecule has 1 N–H and O–H groups in total. The van der Waals surface area contributed by atoms with Gasteiger partial charge in [0.2, 0.25) is 5.95 Å². The number of nitrogens with zero attached hydrogens (tertiary/aromatic N) is 4. The number of nitrogens with one attached hydrogen (secondary N) is 1. The highest BCUT2D eigenvalue weighted by Crippen LogP contribution is 2.16. The number of benzene rings is 1. The van der Waals surface area contributed by atoms with Gasteiger partial charge in [-0.1, -0.05) is 19.1 Å². The summed E-state index contributed by atoms with van der Waals surface area (Å²) in [6.45, 7) is 5.83. The number of rotatable bonds is 4. The van der Waals surface area contributed by atoms with Crippen molar-refractivity contribution in [2.24, 2.45) is 0 Å². The summed E-state index contributed by atoms with van der Waals surface area (Å²) in [5, 5.41) is 3.29. The van der Waals surface area contributed by atoms with E-state index >= 15 is 0 Å². The Hall–Kier alpha value is -2.27. The molecule has 0 unspecified atom stereocenters. The van der Waals surface area contributed by atoms with Gasteiger partial charge in [-0.25, -0.2) is 15.0 Å². The fourth-order valence-corrected chi connectivity index (χ4v) is 2.15. The molecule has 2 aromatic heterocycles. The number of hydrogen-bond acceptors (Lipinski definition) is 4. The molecule has 5 heteroatoms. The van der Waals surface area contributed by atoms with Crippen molar-refractivity contribution >= 4 is 11.0 Å². The SMILES string of the molecule is CCNCc1cnc(-n2cnc3ccccc32)nc1C. The molecule has 102 valence electrons. The summed E-state index contributed by atoms with van der Waals surface area (Å²) in [6, 6.07) is 7.98. The van der Waals surface area contributed by atoms with Crippen molar-refractivity contribution in [3.63, 3.8) is 0 Å². The molecule has 0 aliphatic rings. The Labute approximate surface area is 117 Å². The summed E-state index contributed by atoms with van der Waals surface area (Å²) in [4.78, 5) is 13.4. The summed E-state index contributed by atoms with van der Waals surface area (Å²) in [5.41, 5.74) is 4.09. The molecule has 0 amide bonds. The molecule has 0 spiro atoms. The van der Waals surface area contributed by atoms with Gasteiger partial charge < -0.3 is 5.32 Å². The summed E-state index contributed by atoms with van der Waals surface area (Å²) >= 11 is 0. The lowest BCUT2D eigenvalue weighted by atomic mass is 10.2. The molecule has 0 radical (unpaired) electrons. The first-order chi connectivity index (χ1) is 9.79. The average molecular weight is 267 g/mol. The molecule has 0 bridgehead atoms. The zero-order valence-electron chi connectivity index (χ0n) is 11.7. The number of para-hydroxylation sites is 2. The van der Waals surface area contributed by atoms with Crippen LogP contribution >= 0.6 is 0 Å². The number of fused-ring (bicyclic) bond motifs is 1. The Bertz CT molecular complexity index is 732. The lowest BCUT2D eigenvalue weighted by Gasteiger charge is -2.08. The third-order valence-corrected chi connectivity index (χ3v) is 3.30. The molecule has 0 saturated heterocycles. The predicted molar refractivity (Wildman–Crippen MR) is 78.8 cm³/mol. The summed E-state index contributed by atoms with van der Waals surface area (Å²) in [7, 11) is 0. The minimum Gasteiger partial charge on any atom is -0.313 e. The van der Waals surface area contributed by atoms with Gasteiger partial charge >= 0.3 is 0 Å². The van der Waals surface area contributed by atoms with Crippen molar-refractivity contribution in [3.05, 3.63) is 48.0 Å². The van der Waals surface area contributed by atoms with E-state index in [0.717, 1.165) is 35.4 Å². The van der Waals surface area contributed by atoms with E-state index in [-0.39, 0.29) is 0 Å². The molecule has 0 aliphatic heterocycles. The Balaban J connectivity index is 2.00. The second kappa shape index (κ2) is 5.38. The van der Waals surface area contributed by atoms with E-state index in [2.05, 4.69) is 27.2 Å². The summed E-state index contributed by atoms with van der Waals surface area (Å²) < 4.78 is 1.92. The topological polar surface area (TPSA) is 55.6 Å². The smallest absolute Gasteiger partial charge is 0.235 e. The fourth-order valence-electron chi connectivity index (χ4n) is 2.15. The lowest BCUT2D eigenvalue weighted by molar-refractivity contribution is 0.713. The normalized spacial score (nSPS) is 11.1. The maximum absolute atomic E-state index is 4.59. The van der Waals surface area contributed by atoms with Gasteiger partial charge in [0.15, 0.2) is 0 Å². The lowest BCUT2D eigenvalue weighted by Crippen LogP contribution is -2.14. The quantitative estimate of drug-likeness (QED) is 0.787. The van der Waals surface area contributed by atoms with Crippen molar-refractivity contribution in [3.8, 4) is 5.95 Å². The molecule has 5 nitrogen and oxygen atoms in total. The molecule has 20 heavy (non-hydrogen) atoms. The molecule has 0 atom stereocenters. The van der Waals surface area contributed by atoms with Gasteiger partial charge in [0.05, 0.1) is 11.0 Å². The molecule has 3 rings (SSSR count). The zero-order valence-corrected chi connectivity index (χ0v) is 11.7. The largest absolute Gasteiger partial charge is 0.313 e. The van der Waals surface area contributed by atoms with Gasteiger partial charge in [-0.05, 0) is 25.6 Å². The van der Waals surface area contributed by atoms with Crippen LogP contribution in [0.15, 0.2) is 36.8 Å². The van der Waals surface area contributed by atoms with Crippen LogP contribution in [-0.4, -0.2) is 26.1 Å². The maximum Gasteiger partial charge on any atom is 0.235 e. The Morgan fingerprint density at radius 3 is 2.85 bits per heavy atom. The van der Waals surface area contributed by atoms with E-state index in [1.54, 1.807) is 6.33 Å². The standard InChI is InChI=1S/C15H17N5/c1-3-16-8-12-9-17-15(19-11(12)2)20-10-18-13-6-4-5-7-14(13)20/h4-7,9-10,16H,3,8H2,1-2H3. The number of hydrogen-bond donors (Lipinski definition) is 1. The van der Waals surface area contributed by atoms with E-state index in [4.69, 9.17) is 0 Å². The van der Waals surface area contributed by atoms with Gasteiger partial charge in [0, 0.05) is 24.0 Å². The van der Waals surface area contributed by atoms with Gasteiger partial charge in [-0.2, -0.15) is 0 Å². The van der Waals surface area contributed by atoms with Crippen LogP contribution in [0.5, 0.6) is 0 Å². The highest BCUT2D eigenvalue weighted by Gasteiger charge is 2.08. The predicted octanol–water partition coefficient (Wildman–Crippen LogP) is 2.23. The van der Waals surface area contributed by atoms with Gasteiger partial charge in [-0.3, -0.25) is 4.57 Å². The van der Waals surface area contributed by atoms with Crippen molar-refractivity contribution in [2.75, 3.05) is 6.54 Å². The van der Waals surface area contributed by atoms with Gasteiger partial charge in [0.25, 0.3) is 0 Å². The van der Waals surface area contributed by atoms with Gasteiger partial charge in [-0.15, -0.1) is 0 Å². The zero-order chi connectivity index (χ0) is 13.9. The van der Waals surface area contributed by atoms with E-state index in [9.17, 15) is 0 Å². The van der Waals surface area contributed by atoms with E-state index < -0.39 is 0 Å². The number of aryl methyl sites for hydroxylation is 1. The van der Waals surface area contributed by atoms with Crippen LogP contribution in [0.1, 0.15) is 18.2 Å². The Kier molecular flexibility index (Phi) is 3.43. The highest BCUT2D eigenvalue weighted by atomic mass is 15.2. The molecule has 0 saturated carbocycles. The minimum absolute atomic E-state index is 0.663. The molecular formula is C15H17N5. The number of aromatic nitrogens is 4. The molecule has 3 aromatic rings. The van der Waals surface area contributed by atoms with Crippen LogP contribution in [0, 0.1) is 6.92 Å². The van der Waals surface area contributed by atoms with E-state index in [1.807, 2.05) is 42.0 Å². The Morgan fingerprint density at radius 2 is 2.05 bits per heavy atom. The van der Waals surface area contributed by atoms with Crippen LogP contribution in [0.3, 0.4) is 0 Å². The van der Waals surface area contributed by atoms with Crippen LogP contribution < -0.4 is 5.32 Å². The fraction of sp³-hybridized carbons (Fsp3) is 0.267. The Morgan fingerprint density at radius 1 is 1.20 bits per heavy atom. The van der Waals surface area contributed by atoms with Crippen molar-refractivity contribution < 1.29 is 0 Å². The number of imidazole rings is 1. The van der Waals surface area contributed by atoms with Gasteiger partial charge in [0.1, 0.15) is 6.33 Å². The van der Waals surface area contributed by atoms with Crippen LogP contribution in [0.4, 0.5) is 0 Å². The minimum atomic E-state index is 0.663. The average Bonchev–Trinajstić information content (AvgIpc) is 2.90. The summed E-state index contributed by atoms with van der Waals surface area (Å²) in [6.07, 6.45) is 3.65. The van der Waals surface area contributed by atoms with Crippen LogP contribution in [0.2, 0.25) is 0 Å². The third-order valence-electron chi connectivity index (χ3n) is 3.30. The van der Waals surface area contributed by atoms with Crippen molar-refractivity contribution in [2.45, 2.75) is 20.4 Å². The first-order valence-corrected chi connectivity index (χ1v) is 6.75. The van der Waals surface area contributed by atoms with Crippen LogP contribution in [-0.2, 0) is 6.54 Å². The van der Waals surface area contributed by atoms with Crippen molar-refractivity contribution in [1.29, 1.82) is 0 Å². The van der Waals surface area contributed by atoms with E-state index in [0.29, 0.717) is 5.95 Å². The summed E-state index contributed by atoms with van der Waals surface area (Å²) in [5.74, 6) is 0.663. The first kappa shape index (κ1) is 12.7. The van der Waals surface area contributed by atoms with Crippen molar-refractivity contribution in [1.82, 2.24) is 24.8 Å². The maximum atomic E-state index is 4.59. The second-order valence-corrected chi connectivity index (χ2v) is 4.66. The second-order valence-electron chi connectivity index (χ2n) is 4.66. The third kappa shape index (κ3) is 2.28. The van der Waals surface area contributed by atoms with Crippen LogP contribution in [0.25, 0.3) is 17.0 Å². The molecule has 0 aliphatic carbocycles. The highest BCUT2D eigenvalue weighted by molar-refractivity contribution is 5.76. The van der Waals surface area contributed by atoms with E-state index in [1.165, 1.54) is 0 Å². The monoisotopic (exact) mass is 267 g/mol. The first-order valence-electron chi connectivity index (χ1n) is 6.75.